The molecule has 1 heterocycles. The van der Waals surface area contributed by atoms with E-state index in [1.165, 1.54) is 5.56 Å². The fraction of sp³-hybridized carbons (Fsp3) is 0.375. The highest BCUT2D eigenvalue weighted by molar-refractivity contribution is 5.64. The van der Waals surface area contributed by atoms with Gasteiger partial charge in [0.05, 0.1) is 18.5 Å². The van der Waals surface area contributed by atoms with E-state index in [0.717, 1.165) is 42.0 Å². The van der Waals surface area contributed by atoms with E-state index >= 15 is 0 Å². The first-order valence-electron chi connectivity index (χ1n) is 6.74. The molecule has 0 amide bonds. The van der Waals surface area contributed by atoms with Gasteiger partial charge >= 0.3 is 0 Å². The van der Waals surface area contributed by atoms with Crippen molar-refractivity contribution >= 4 is 0 Å². The smallest absolute Gasteiger partial charge is 0.119 e. The van der Waals surface area contributed by atoms with E-state index < -0.39 is 0 Å². The SMILES string of the molecule is CCCCOc1cccc(-c2nncc(C)c2C)c1. The van der Waals surface area contributed by atoms with Crippen molar-refractivity contribution in [1.29, 1.82) is 0 Å². The number of aryl methyl sites for hydroxylation is 1. The minimum absolute atomic E-state index is 0.762. The van der Waals surface area contributed by atoms with Crippen molar-refractivity contribution in [1.82, 2.24) is 10.2 Å². The lowest BCUT2D eigenvalue weighted by atomic mass is 10.0. The summed E-state index contributed by atoms with van der Waals surface area (Å²) in [6, 6.07) is 8.06. The van der Waals surface area contributed by atoms with Crippen LogP contribution in [0.15, 0.2) is 30.5 Å². The Balaban J connectivity index is 2.25. The van der Waals surface area contributed by atoms with Gasteiger partial charge in [-0.25, -0.2) is 0 Å². The molecule has 0 spiro atoms. The van der Waals surface area contributed by atoms with Crippen molar-refractivity contribution in [3.8, 4) is 17.0 Å². The highest BCUT2D eigenvalue weighted by Gasteiger charge is 2.07. The fourth-order valence-electron chi connectivity index (χ4n) is 1.87. The topological polar surface area (TPSA) is 35.0 Å². The Kier molecular flexibility index (Phi) is 4.50. The normalized spacial score (nSPS) is 10.5. The molecule has 0 fully saturated rings. The van der Waals surface area contributed by atoms with Crippen LogP contribution < -0.4 is 4.74 Å². The van der Waals surface area contributed by atoms with Crippen LogP contribution in [0.2, 0.25) is 0 Å². The molecule has 0 atom stereocenters. The van der Waals surface area contributed by atoms with Gasteiger partial charge in [-0.2, -0.15) is 10.2 Å². The van der Waals surface area contributed by atoms with Crippen LogP contribution in [0.3, 0.4) is 0 Å². The predicted octanol–water partition coefficient (Wildman–Crippen LogP) is 3.94. The maximum atomic E-state index is 5.73. The van der Waals surface area contributed by atoms with Gasteiger partial charge in [-0.05, 0) is 43.5 Å². The molecule has 0 saturated carbocycles. The second-order valence-electron chi connectivity index (χ2n) is 4.73. The second-order valence-corrected chi connectivity index (χ2v) is 4.73. The first-order valence-corrected chi connectivity index (χ1v) is 6.74. The fourth-order valence-corrected chi connectivity index (χ4v) is 1.87. The number of hydrogen-bond donors (Lipinski definition) is 0. The molecule has 0 radical (unpaired) electrons. The van der Waals surface area contributed by atoms with E-state index in [1.54, 1.807) is 6.20 Å². The minimum Gasteiger partial charge on any atom is -0.494 e. The summed E-state index contributed by atoms with van der Waals surface area (Å²) in [4.78, 5) is 0. The Morgan fingerprint density at radius 1 is 1.21 bits per heavy atom. The zero-order valence-corrected chi connectivity index (χ0v) is 11.8. The van der Waals surface area contributed by atoms with Gasteiger partial charge in [-0.3, -0.25) is 0 Å². The average Bonchev–Trinajstić information content (AvgIpc) is 2.43. The molecule has 0 unspecified atom stereocenters. The molecule has 0 aliphatic heterocycles. The Bertz CT molecular complexity index is 552. The van der Waals surface area contributed by atoms with Gasteiger partial charge in [0.2, 0.25) is 0 Å². The third-order valence-electron chi connectivity index (χ3n) is 3.23. The van der Waals surface area contributed by atoms with Gasteiger partial charge in [0.15, 0.2) is 0 Å². The molecule has 0 aliphatic carbocycles. The summed E-state index contributed by atoms with van der Waals surface area (Å²) in [6.45, 7) is 7.04. The van der Waals surface area contributed by atoms with Crippen LogP contribution in [0.1, 0.15) is 30.9 Å². The second kappa shape index (κ2) is 6.32. The third kappa shape index (κ3) is 3.31. The number of rotatable bonds is 5. The van der Waals surface area contributed by atoms with Crippen molar-refractivity contribution < 1.29 is 4.74 Å². The molecule has 2 rings (SSSR count). The first kappa shape index (κ1) is 13.5. The summed E-state index contributed by atoms with van der Waals surface area (Å²) in [7, 11) is 0. The summed E-state index contributed by atoms with van der Waals surface area (Å²) >= 11 is 0. The molecular formula is C16H20N2O. The standard InChI is InChI=1S/C16H20N2O/c1-4-5-9-19-15-8-6-7-14(10-15)16-13(3)12(2)11-17-18-16/h6-8,10-11H,4-5,9H2,1-3H3. The largest absolute Gasteiger partial charge is 0.494 e. The zero-order valence-electron chi connectivity index (χ0n) is 11.8. The number of benzene rings is 1. The summed E-state index contributed by atoms with van der Waals surface area (Å²) in [5.41, 5.74) is 4.31. The lowest BCUT2D eigenvalue weighted by molar-refractivity contribution is 0.309. The Hall–Kier alpha value is -1.90. The monoisotopic (exact) mass is 256 g/mol. The molecule has 1 aromatic carbocycles. The van der Waals surface area contributed by atoms with Gasteiger partial charge in [-0.1, -0.05) is 25.5 Å². The van der Waals surface area contributed by atoms with Crippen LogP contribution in [0.5, 0.6) is 5.75 Å². The molecule has 100 valence electrons. The third-order valence-corrected chi connectivity index (χ3v) is 3.23. The maximum absolute atomic E-state index is 5.73. The highest BCUT2D eigenvalue weighted by atomic mass is 16.5. The van der Waals surface area contributed by atoms with Crippen molar-refractivity contribution in [2.24, 2.45) is 0 Å². The first-order chi connectivity index (χ1) is 9.22. The summed E-state index contributed by atoms with van der Waals surface area (Å²) < 4.78 is 5.73. The molecule has 0 bridgehead atoms. The van der Waals surface area contributed by atoms with E-state index in [1.807, 2.05) is 24.3 Å². The average molecular weight is 256 g/mol. The van der Waals surface area contributed by atoms with Gasteiger partial charge in [0.1, 0.15) is 5.75 Å². The van der Waals surface area contributed by atoms with Crippen LogP contribution >= 0.6 is 0 Å². The molecule has 0 N–H and O–H groups in total. The molecule has 3 nitrogen and oxygen atoms in total. The Morgan fingerprint density at radius 2 is 2.05 bits per heavy atom. The van der Waals surface area contributed by atoms with Gasteiger partial charge in [0, 0.05) is 5.56 Å². The van der Waals surface area contributed by atoms with Gasteiger partial charge in [-0.15, -0.1) is 0 Å². The number of ether oxygens (including phenoxy) is 1. The quantitative estimate of drug-likeness (QED) is 0.760. The van der Waals surface area contributed by atoms with Crippen LogP contribution in [-0.2, 0) is 0 Å². The predicted molar refractivity (Wildman–Crippen MR) is 77.3 cm³/mol. The van der Waals surface area contributed by atoms with E-state index in [2.05, 4.69) is 31.0 Å². The molecule has 19 heavy (non-hydrogen) atoms. The summed E-state index contributed by atoms with van der Waals surface area (Å²) in [6.07, 6.45) is 4.01. The van der Waals surface area contributed by atoms with Crippen molar-refractivity contribution in [3.63, 3.8) is 0 Å². The molecular weight excluding hydrogens is 236 g/mol. The van der Waals surface area contributed by atoms with E-state index in [4.69, 9.17) is 4.74 Å². The Labute approximate surface area is 114 Å². The van der Waals surface area contributed by atoms with Crippen LogP contribution in [-0.4, -0.2) is 16.8 Å². The number of aromatic nitrogens is 2. The van der Waals surface area contributed by atoms with E-state index in [0.29, 0.717) is 0 Å². The lowest BCUT2D eigenvalue weighted by Gasteiger charge is -2.09. The van der Waals surface area contributed by atoms with Crippen LogP contribution in [0, 0.1) is 13.8 Å². The number of unbranched alkanes of at least 4 members (excludes halogenated alkanes) is 1. The van der Waals surface area contributed by atoms with E-state index in [9.17, 15) is 0 Å². The summed E-state index contributed by atoms with van der Waals surface area (Å²) in [5, 5.41) is 8.28. The molecule has 3 heteroatoms. The van der Waals surface area contributed by atoms with Gasteiger partial charge in [0.25, 0.3) is 0 Å². The molecule has 2 aromatic rings. The van der Waals surface area contributed by atoms with Crippen molar-refractivity contribution in [3.05, 3.63) is 41.6 Å². The summed E-state index contributed by atoms with van der Waals surface area (Å²) in [5.74, 6) is 0.897. The van der Waals surface area contributed by atoms with Crippen molar-refractivity contribution in [2.75, 3.05) is 6.61 Å². The minimum atomic E-state index is 0.762. The molecule has 0 aliphatic rings. The number of hydrogen-bond acceptors (Lipinski definition) is 3. The van der Waals surface area contributed by atoms with Crippen molar-refractivity contribution in [2.45, 2.75) is 33.6 Å². The maximum Gasteiger partial charge on any atom is 0.119 e. The van der Waals surface area contributed by atoms with Gasteiger partial charge < -0.3 is 4.74 Å². The zero-order chi connectivity index (χ0) is 13.7. The van der Waals surface area contributed by atoms with Crippen LogP contribution in [0.4, 0.5) is 0 Å². The Morgan fingerprint density at radius 3 is 2.84 bits per heavy atom. The lowest BCUT2D eigenvalue weighted by Crippen LogP contribution is -1.98. The number of nitrogens with zero attached hydrogens (tertiary/aromatic N) is 2. The van der Waals surface area contributed by atoms with Crippen LogP contribution in [0.25, 0.3) is 11.3 Å². The van der Waals surface area contributed by atoms with E-state index in [-0.39, 0.29) is 0 Å². The highest BCUT2D eigenvalue weighted by Crippen LogP contribution is 2.25. The molecule has 0 saturated heterocycles. The molecule has 1 aromatic heterocycles.